The third-order valence-electron chi connectivity index (χ3n) is 7.17. The molecule has 1 saturated carbocycles. The van der Waals surface area contributed by atoms with Crippen LogP contribution in [0.4, 0.5) is 0 Å². The van der Waals surface area contributed by atoms with Crippen molar-refractivity contribution < 1.29 is 19.1 Å². The van der Waals surface area contributed by atoms with Crippen LogP contribution in [-0.4, -0.2) is 32.6 Å². The van der Waals surface area contributed by atoms with E-state index in [0.29, 0.717) is 18.5 Å². The molecule has 0 saturated heterocycles. The molecule has 0 spiro atoms. The third kappa shape index (κ3) is 3.99. The van der Waals surface area contributed by atoms with Crippen molar-refractivity contribution in [2.45, 2.75) is 51.6 Å². The highest BCUT2D eigenvalue weighted by atomic mass is 16.4. The van der Waals surface area contributed by atoms with Crippen LogP contribution in [-0.2, 0) is 11.3 Å². The van der Waals surface area contributed by atoms with E-state index in [0.717, 1.165) is 46.9 Å². The molecule has 2 N–H and O–H groups in total. The second-order valence-electron chi connectivity index (χ2n) is 9.12. The predicted octanol–water partition coefficient (Wildman–Crippen LogP) is 4.98. The number of carboxylic acids is 1. The number of amides is 1. The summed E-state index contributed by atoms with van der Waals surface area (Å²) in [5.41, 5.74) is 2.01. The molecular formula is C26H27N3O4. The lowest BCUT2D eigenvalue weighted by Crippen LogP contribution is -2.50. The zero-order chi connectivity index (χ0) is 23.0. The molecule has 1 aliphatic carbocycles. The van der Waals surface area contributed by atoms with E-state index in [1.807, 2.05) is 54.1 Å². The lowest BCUT2D eigenvalue weighted by Gasteiger charge is -2.46. The number of carboxylic acid groups (broad SMARTS) is 1. The lowest BCUT2D eigenvalue weighted by molar-refractivity contribution is -0.138. The molecule has 7 heteroatoms. The fraction of sp³-hybridized carbons (Fsp3) is 0.346. The van der Waals surface area contributed by atoms with E-state index in [4.69, 9.17) is 9.52 Å². The minimum Gasteiger partial charge on any atom is -0.481 e. The van der Waals surface area contributed by atoms with E-state index in [9.17, 15) is 9.59 Å². The average Bonchev–Trinajstić information content (AvgIpc) is 3.36. The van der Waals surface area contributed by atoms with Crippen molar-refractivity contribution >= 4 is 33.7 Å². The van der Waals surface area contributed by atoms with E-state index in [-0.39, 0.29) is 23.8 Å². The second-order valence-corrected chi connectivity index (χ2v) is 9.12. The summed E-state index contributed by atoms with van der Waals surface area (Å²) >= 11 is 0. The van der Waals surface area contributed by atoms with E-state index in [1.54, 1.807) is 12.4 Å². The van der Waals surface area contributed by atoms with Crippen LogP contribution < -0.4 is 5.32 Å². The molecule has 1 fully saturated rings. The number of fused-ring (bicyclic) bond motifs is 2. The molecule has 3 aromatic heterocycles. The molecule has 0 bridgehead atoms. The highest BCUT2D eigenvalue weighted by Crippen LogP contribution is 2.47. The number of aliphatic carboxylic acids is 1. The quantitative estimate of drug-likeness (QED) is 0.398. The van der Waals surface area contributed by atoms with Gasteiger partial charge >= 0.3 is 5.97 Å². The summed E-state index contributed by atoms with van der Waals surface area (Å²) < 4.78 is 8.00. The molecule has 1 aliphatic rings. The highest BCUT2D eigenvalue weighted by Gasteiger charge is 2.42. The Morgan fingerprint density at radius 1 is 1.21 bits per heavy atom. The van der Waals surface area contributed by atoms with Crippen molar-refractivity contribution in [3.63, 3.8) is 0 Å². The summed E-state index contributed by atoms with van der Waals surface area (Å²) in [4.78, 5) is 28.7. The van der Waals surface area contributed by atoms with Crippen molar-refractivity contribution in [1.29, 1.82) is 0 Å². The van der Waals surface area contributed by atoms with E-state index < -0.39 is 5.97 Å². The molecule has 5 rings (SSSR count). The normalized spacial score (nSPS) is 15.9. The number of benzene rings is 1. The van der Waals surface area contributed by atoms with Crippen LogP contribution in [0.2, 0.25) is 0 Å². The Hall–Kier alpha value is -3.61. The molecule has 1 amide bonds. The molecule has 0 aliphatic heterocycles. The monoisotopic (exact) mass is 445 g/mol. The first-order valence-electron chi connectivity index (χ1n) is 11.4. The van der Waals surface area contributed by atoms with Crippen LogP contribution in [0.15, 0.2) is 59.4 Å². The van der Waals surface area contributed by atoms with Crippen LogP contribution in [0, 0.1) is 5.41 Å². The van der Waals surface area contributed by atoms with Crippen LogP contribution in [0.5, 0.6) is 0 Å². The largest absolute Gasteiger partial charge is 0.481 e. The van der Waals surface area contributed by atoms with Gasteiger partial charge < -0.3 is 19.4 Å². The molecule has 170 valence electrons. The topological polar surface area (TPSA) is 97.4 Å². The second kappa shape index (κ2) is 8.39. The number of furan rings is 1. The third-order valence-corrected chi connectivity index (χ3v) is 7.17. The number of pyridine rings is 1. The summed E-state index contributed by atoms with van der Waals surface area (Å²) in [6, 6.07) is 11.7. The number of aromatic nitrogens is 2. The van der Waals surface area contributed by atoms with Crippen LogP contribution in [0.1, 0.15) is 55.1 Å². The SMILES string of the molecule is C[C@H](NC(=O)c1cncc2ccn(Cc3cc4ccccc4o3)c12)C1(CCC(=O)O)CCC1. The Bertz CT molecular complexity index is 1300. The van der Waals surface area contributed by atoms with Gasteiger partial charge in [0.1, 0.15) is 11.3 Å². The first kappa shape index (κ1) is 21.2. The number of carbonyl (C=O) groups excluding carboxylic acids is 1. The highest BCUT2D eigenvalue weighted by molar-refractivity contribution is 6.05. The van der Waals surface area contributed by atoms with Gasteiger partial charge in [-0.25, -0.2) is 0 Å². The number of hydrogen-bond acceptors (Lipinski definition) is 4. The maximum absolute atomic E-state index is 13.3. The van der Waals surface area contributed by atoms with Gasteiger partial charge in [0.15, 0.2) is 0 Å². The van der Waals surface area contributed by atoms with Gasteiger partial charge in [0.05, 0.1) is 17.6 Å². The number of hydrogen-bond donors (Lipinski definition) is 2. The number of nitrogens with zero attached hydrogens (tertiary/aromatic N) is 2. The number of nitrogens with one attached hydrogen (secondary N) is 1. The van der Waals surface area contributed by atoms with Crippen LogP contribution in [0.25, 0.3) is 21.9 Å². The fourth-order valence-corrected chi connectivity index (χ4v) is 5.05. The standard InChI is InChI=1S/C26H27N3O4/c1-17(26(9-4-10-26)11-7-23(30)31)28-25(32)21-15-27-14-19-8-12-29(24(19)21)16-20-13-18-5-2-3-6-22(18)33-20/h2-3,5-6,8,12-15,17H,4,7,9-11,16H2,1H3,(H,28,32)(H,30,31)/t17-/m0/s1. The Morgan fingerprint density at radius 3 is 2.76 bits per heavy atom. The fourth-order valence-electron chi connectivity index (χ4n) is 5.05. The van der Waals surface area contributed by atoms with Gasteiger partial charge in [-0.2, -0.15) is 0 Å². The minimum absolute atomic E-state index is 0.118. The van der Waals surface area contributed by atoms with Gasteiger partial charge in [-0.3, -0.25) is 14.6 Å². The molecule has 33 heavy (non-hydrogen) atoms. The molecule has 1 aromatic carbocycles. The van der Waals surface area contributed by atoms with Gasteiger partial charge in [-0.05, 0) is 49.8 Å². The Labute approximate surface area is 191 Å². The molecule has 0 unspecified atom stereocenters. The zero-order valence-corrected chi connectivity index (χ0v) is 18.6. The first-order chi connectivity index (χ1) is 15.9. The summed E-state index contributed by atoms with van der Waals surface area (Å²) in [5.74, 6) is -0.170. The molecule has 3 heterocycles. The summed E-state index contributed by atoms with van der Waals surface area (Å²) in [6.45, 7) is 2.49. The smallest absolute Gasteiger partial charge is 0.303 e. The Morgan fingerprint density at radius 2 is 2.03 bits per heavy atom. The van der Waals surface area contributed by atoms with E-state index in [2.05, 4.69) is 10.3 Å². The molecule has 1 atom stereocenters. The van der Waals surface area contributed by atoms with Gasteiger partial charge in [0.25, 0.3) is 5.91 Å². The van der Waals surface area contributed by atoms with E-state index >= 15 is 0 Å². The molecule has 4 aromatic rings. The number of carbonyl (C=O) groups is 2. The summed E-state index contributed by atoms with van der Waals surface area (Å²) in [7, 11) is 0. The maximum Gasteiger partial charge on any atom is 0.303 e. The predicted molar refractivity (Wildman–Crippen MR) is 125 cm³/mol. The number of rotatable bonds is 8. The van der Waals surface area contributed by atoms with Gasteiger partial charge in [0, 0.05) is 41.8 Å². The van der Waals surface area contributed by atoms with Crippen molar-refractivity contribution in [2.75, 3.05) is 0 Å². The van der Waals surface area contributed by atoms with E-state index in [1.165, 1.54) is 0 Å². The molecule has 7 nitrogen and oxygen atoms in total. The van der Waals surface area contributed by atoms with Crippen molar-refractivity contribution in [2.24, 2.45) is 5.41 Å². The molecule has 0 radical (unpaired) electrons. The Balaban J connectivity index is 1.40. The van der Waals surface area contributed by atoms with Gasteiger partial charge in [0.2, 0.25) is 0 Å². The minimum atomic E-state index is -0.794. The maximum atomic E-state index is 13.3. The molecular weight excluding hydrogens is 418 g/mol. The van der Waals surface area contributed by atoms with Gasteiger partial charge in [-0.15, -0.1) is 0 Å². The average molecular weight is 446 g/mol. The summed E-state index contributed by atoms with van der Waals surface area (Å²) in [6.07, 6.45) is 8.94. The van der Waals surface area contributed by atoms with Crippen LogP contribution in [0.3, 0.4) is 0 Å². The van der Waals surface area contributed by atoms with Crippen LogP contribution >= 0.6 is 0 Å². The lowest BCUT2D eigenvalue weighted by atomic mass is 9.62. The van der Waals surface area contributed by atoms with Crippen molar-refractivity contribution in [1.82, 2.24) is 14.9 Å². The van der Waals surface area contributed by atoms with Crippen molar-refractivity contribution in [3.05, 3.63) is 66.3 Å². The Kier molecular flexibility index (Phi) is 5.40. The number of para-hydroxylation sites is 1. The van der Waals surface area contributed by atoms with Crippen molar-refractivity contribution in [3.8, 4) is 0 Å². The summed E-state index contributed by atoms with van der Waals surface area (Å²) in [5, 5.41) is 14.2. The zero-order valence-electron chi connectivity index (χ0n) is 18.6. The van der Waals surface area contributed by atoms with Gasteiger partial charge in [-0.1, -0.05) is 24.6 Å². The first-order valence-corrected chi connectivity index (χ1v) is 11.4.